The summed E-state index contributed by atoms with van der Waals surface area (Å²) in [4.78, 5) is 15.4. The topological polar surface area (TPSA) is 98.3 Å². The maximum Gasteiger partial charge on any atom is 0.315 e. The highest BCUT2D eigenvalue weighted by Gasteiger charge is 2.22. The molecule has 1 heterocycles. The predicted molar refractivity (Wildman–Crippen MR) is 117 cm³/mol. The summed E-state index contributed by atoms with van der Waals surface area (Å²) in [5, 5.41) is 24.1. The van der Waals surface area contributed by atoms with E-state index in [1.54, 1.807) is 31.2 Å². The fourth-order valence-electron chi connectivity index (χ4n) is 2.75. The van der Waals surface area contributed by atoms with Crippen LogP contribution in [0.25, 0.3) is 22.9 Å². The van der Waals surface area contributed by atoms with Gasteiger partial charge in [-0.15, -0.1) is 11.3 Å². The van der Waals surface area contributed by atoms with Crippen LogP contribution in [0.15, 0.2) is 41.8 Å². The van der Waals surface area contributed by atoms with E-state index in [0.717, 1.165) is 5.56 Å². The number of hydrogen-bond donors (Lipinski definition) is 0. The van der Waals surface area contributed by atoms with Crippen LogP contribution in [-0.2, 0) is 0 Å². The van der Waals surface area contributed by atoms with E-state index < -0.39 is 4.92 Å². The second-order valence-electron chi connectivity index (χ2n) is 5.98. The van der Waals surface area contributed by atoms with Crippen molar-refractivity contribution >= 4 is 40.3 Å². The van der Waals surface area contributed by atoms with Gasteiger partial charge >= 0.3 is 5.69 Å². The Morgan fingerprint density at radius 2 is 2.10 bits per heavy atom. The Labute approximate surface area is 181 Å². The van der Waals surface area contributed by atoms with Crippen molar-refractivity contribution in [1.82, 2.24) is 4.98 Å². The van der Waals surface area contributed by atoms with Crippen molar-refractivity contribution in [2.45, 2.75) is 6.92 Å². The first kappa shape index (κ1) is 21.3. The molecular formula is C21H16ClN3O4S. The highest BCUT2D eigenvalue weighted by molar-refractivity contribution is 7.11. The second kappa shape index (κ2) is 9.39. The van der Waals surface area contributed by atoms with E-state index in [1.807, 2.05) is 17.5 Å². The van der Waals surface area contributed by atoms with E-state index >= 15 is 0 Å². The number of halogens is 1. The van der Waals surface area contributed by atoms with Crippen LogP contribution in [0.1, 0.15) is 17.5 Å². The summed E-state index contributed by atoms with van der Waals surface area (Å²) >= 11 is 7.23. The summed E-state index contributed by atoms with van der Waals surface area (Å²) in [7, 11) is 1.34. The number of hydrogen-bond acceptors (Lipinski definition) is 7. The van der Waals surface area contributed by atoms with Gasteiger partial charge in [-0.2, -0.15) is 5.26 Å². The van der Waals surface area contributed by atoms with Crippen molar-refractivity contribution in [2.75, 3.05) is 13.7 Å². The standard InChI is InChI=1S/C21H16ClN3O4S/c1-3-29-19-10-13(9-18(25(26)27)20(19)28-2)8-15(11-23)21-24-17(12-30-21)14-4-6-16(22)7-5-14/h4-10,12H,3H2,1-2H3/b15-8-. The summed E-state index contributed by atoms with van der Waals surface area (Å²) in [5.74, 6) is 0.274. The van der Waals surface area contributed by atoms with Crippen molar-refractivity contribution in [3.63, 3.8) is 0 Å². The number of nitro groups is 1. The summed E-state index contributed by atoms with van der Waals surface area (Å²) < 4.78 is 10.6. The third-order valence-electron chi connectivity index (χ3n) is 4.06. The SMILES string of the molecule is CCOc1cc(/C=C(/C#N)c2nc(-c3ccc(Cl)cc3)cs2)cc([N+](=O)[O-])c1OC. The molecule has 0 unspecified atom stereocenters. The molecule has 0 atom stereocenters. The number of nitriles is 1. The predicted octanol–water partition coefficient (Wildman–Crippen LogP) is 5.84. The normalized spacial score (nSPS) is 11.1. The van der Waals surface area contributed by atoms with Gasteiger partial charge in [0.15, 0.2) is 5.75 Å². The van der Waals surface area contributed by atoms with Crippen LogP contribution < -0.4 is 9.47 Å². The van der Waals surface area contributed by atoms with E-state index in [4.69, 9.17) is 21.1 Å². The maximum atomic E-state index is 11.5. The molecule has 0 radical (unpaired) electrons. The van der Waals surface area contributed by atoms with Gasteiger partial charge in [-0.1, -0.05) is 23.7 Å². The van der Waals surface area contributed by atoms with Crippen molar-refractivity contribution in [3.8, 4) is 28.8 Å². The lowest BCUT2D eigenvalue weighted by Crippen LogP contribution is -2.00. The van der Waals surface area contributed by atoms with Gasteiger partial charge in [-0.05, 0) is 36.8 Å². The van der Waals surface area contributed by atoms with Crippen LogP contribution in [0.4, 0.5) is 5.69 Å². The molecule has 1 aromatic heterocycles. The Balaban J connectivity index is 2.03. The summed E-state index contributed by atoms with van der Waals surface area (Å²) in [6.07, 6.45) is 1.54. The van der Waals surface area contributed by atoms with Crippen LogP contribution in [0.5, 0.6) is 11.5 Å². The summed E-state index contributed by atoms with van der Waals surface area (Å²) in [6.45, 7) is 2.07. The lowest BCUT2D eigenvalue weighted by atomic mass is 10.1. The van der Waals surface area contributed by atoms with E-state index in [2.05, 4.69) is 11.1 Å². The molecule has 0 saturated heterocycles. The number of benzene rings is 2. The van der Waals surface area contributed by atoms with Gasteiger partial charge in [0, 0.05) is 22.0 Å². The van der Waals surface area contributed by atoms with Gasteiger partial charge in [0.1, 0.15) is 11.1 Å². The van der Waals surface area contributed by atoms with Gasteiger partial charge < -0.3 is 9.47 Å². The van der Waals surface area contributed by atoms with E-state index in [-0.39, 0.29) is 22.8 Å². The minimum absolute atomic E-state index is 0.0387. The number of aromatic nitrogens is 1. The molecule has 152 valence electrons. The van der Waals surface area contributed by atoms with Gasteiger partial charge in [0.2, 0.25) is 5.75 Å². The molecule has 0 spiro atoms. The molecule has 0 amide bonds. The fourth-order valence-corrected chi connectivity index (χ4v) is 3.67. The lowest BCUT2D eigenvalue weighted by Gasteiger charge is -2.10. The Bertz CT molecular complexity index is 1150. The molecule has 3 rings (SSSR count). The lowest BCUT2D eigenvalue weighted by molar-refractivity contribution is -0.385. The average Bonchev–Trinajstić information content (AvgIpc) is 3.22. The third kappa shape index (κ3) is 4.59. The van der Waals surface area contributed by atoms with Gasteiger partial charge in [-0.3, -0.25) is 10.1 Å². The molecule has 2 aromatic carbocycles. The smallest absolute Gasteiger partial charge is 0.315 e. The number of ether oxygens (including phenoxy) is 2. The molecule has 0 aliphatic heterocycles. The highest BCUT2D eigenvalue weighted by atomic mass is 35.5. The molecule has 7 nitrogen and oxygen atoms in total. The van der Waals surface area contributed by atoms with Crippen molar-refractivity contribution in [3.05, 3.63) is 67.5 Å². The quantitative estimate of drug-likeness (QED) is 0.259. The fraction of sp³-hybridized carbons (Fsp3) is 0.143. The second-order valence-corrected chi connectivity index (χ2v) is 7.27. The molecule has 0 bridgehead atoms. The third-order valence-corrected chi connectivity index (χ3v) is 5.19. The Morgan fingerprint density at radius 1 is 1.37 bits per heavy atom. The zero-order chi connectivity index (χ0) is 21.7. The van der Waals surface area contributed by atoms with Crippen LogP contribution in [0.3, 0.4) is 0 Å². The molecule has 3 aromatic rings. The van der Waals surface area contributed by atoms with E-state index in [9.17, 15) is 15.4 Å². The highest BCUT2D eigenvalue weighted by Crippen LogP contribution is 2.39. The largest absolute Gasteiger partial charge is 0.490 e. The van der Waals surface area contributed by atoms with Crippen LogP contribution in [0, 0.1) is 21.4 Å². The molecule has 9 heteroatoms. The number of thiazole rings is 1. The number of nitrogens with zero attached hydrogens (tertiary/aromatic N) is 3. The first-order chi connectivity index (χ1) is 14.5. The zero-order valence-corrected chi connectivity index (χ0v) is 17.7. The minimum atomic E-state index is -0.549. The van der Waals surface area contributed by atoms with Gasteiger partial charge in [0.05, 0.1) is 29.9 Å². The number of rotatable bonds is 7. The summed E-state index contributed by atoms with van der Waals surface area (Å²) in [6, 6.07) is 12.3. The summed E-state index contributed by atoms with van der Waals surface area (Å²) in [5.41, 5.74) is 2.06. The number of allylic oxidation sites excluding steroid dienone is 1. The van der Waals surface area contributed by atoms with Gasteiger partial charge in [0.25, 0.3) is 0 Å². The molecule has 0 aliphatic rings. The van der Waals surface area contributed by atoms with E-state index in [0.29, 0.717) is 27.9 Å². The number of methoxy groups -OCH3 is 1. The minimum Gasteiger partial charge on any atom is -0.490 e. The number of nitro benzene ring substituents is 1. The molecule has 0 N–H and O–H groups in total. The van der Waals surface area contributed by atoms with Crippen molar-refractivity contribution < 1.29 is 14.4 Å². The zero-order valence-electron chi connectivity index (χ0n) is 16.1. The van der Waals surface area contributed by atoms with Crippen LogP contribution in [-0.4, -0.2) is 23.6 Å². The van der Waals surface area contributed by atoms with E-state index in [1.165, 1.54) is 24.5 Å². The van der Waals surface area contributed by atoms with Crippen molar-refractivity contribution in [2.24, 2.45) is 0 Å². The molecule has 30 heavy (non-hydrogen) atoms. The Hall–Kier alpha value is -3.41. The average molecular weight is 442 g/mol. The van der Waals surface area contributed by atoms with Gasteiger partial charge in [-0.25, -0.2) is 4.98 Å². The Morgan fingerprint density at radius 3 is 2.70 bits per heavy atom. The Kier molecular flexibility index (Phi) is 6.67. The van der Waals surface area contributed by atoms with Crippen molar-refractivity contribution in [1.29, 1.82) is 5.26 Å². The van der Waals surface area contributed by atoms with Crippen LogP contribution in [0.2, 0.25) is 5.02 Å². The molecule has 0 saturated carbocycles. The molecule has 0 fully saturated rings. The maximum absolute atomic E-state index is 11.5. The van der Waals surface area contributed by atoms with Crippen LogP contribution >= 0.6 is 22.9 Å². The monoisotopic (exact) mass is 441 g/mol. The first-order valence-electron chi connectivity index (χ1n) is 8.79. The molecular weight excluding hydrogens is 426 g/mol. The molecule has 0 aliphatic carbocycles. The first-order valence-corrected chi connectivity index (χ1v) is 10.1.